The number of carbonyl (C=O) groups is 7. The molecule has 27 heteroatoms. The van der Waals surface area contributed by atoms with Gasteiger partial charge in [0.2, 0.25) is 0 Å². The maximum atomic E-state index is 12.0. The number of esters is 6. The van der Waals surface area contributed by atoms with Crippen molar-refractivity contribution in [3.8, 4) is 0 Å². The maximum Gasteiger partial charge on any atom is 0.410 e. The van der Waals surface area contributed by atoms with Gasteiger partial charge in [-0.3, -0.25) is 28.8 Å². The lowest BCUT2D eigenvalue weighted by Gasteiger charge is -2.40. The number of nitrogens with zero attached hydrogens (tertiary/aromatic N) is 3. The fourth-order valence-electron chi connectivity index (χ4n) is 6.80. The van der Waals surface area contributed by atoms with Crippen LogP contribution in [0.3, 0.4) is 0 Å². The molecule has 2 aliphatic heterocycles. The number of imidazole rings is 1. The summed E-state index contributed by atoms with van der Waals surface area (Å²) in [7, 11) is 1.49. The van der Waals surface area contributed by atoms with Crippen molar-refractivity contribution >= 4 is 41.9 Å². The van der Waals surface area contributed by atoms with Gasteiger partial charge < -0.3 is 97.3 Å². The highest BCUT2D eigenvalue weighted by molar-refractivity contribution is 5.78. The number of methoxy groups -OCH3 is 1. The van der Waals surface area contributed by atoms with Gasteiger partial charge in [0.25, 0.3) is 0 Å². The lowest BCUT2D eigenvalue weighted by molar-refractivity contribution is -0.159. The van der Waals surface area contributed by atoms with Crippen molar-refractivity contribution in [1.82, 2.24) is 19.8 Å². The van der Waals surface area contributed by atoms with E-state index in [-0.39, 0.29) is 42.8 Å². The number of rotatable bonds is 14. The lowest BCUT2D eigenvalue weighted by atomic mass is 10.0. The molecule has 2 aliphatic rings. The van der Waals surface area contributed by atoms with Crippen LogP contribution in [-0.4, -0.2) is 206 Å². The van der Waals surface area contributed by atoms with Crippen LogP contribution in [0.1, 0.15) is 211 Å². The summed E-state index contributed by atoms with van der Waals surface area (Å²) in [5.41, 5.74) is 30.0. The van der Waals surface area contributed by atoms with E-state index in [2.05, 4.69) is 14.9 Å². The molecule has 0 unspecified atom stereocenters. The van der Waals surface area contributed by atoms with Crippen molar-refractivity contribution in [3.05, 3.63) is 18.2 Å². The fourth-order valence-corrected chi connectivity index (χ4v) is 6.80. The molecule has 1 aromatic heterocycles. The summed E-state index contributed by atoms with van der Waals surface area (Å²) in [5.74, 6) is -2.51. The van der Waals surface area contributed by atoms with Gasteiger partial charge in [0.1, 0.15) is 75.5 Å². The Balaban J connectivity index is -0.000000491. The van der Waals surface area contributed by atoms with Crippen LogP contribution in [-0.2, 0) is 73.1 Å². The summed E-state index contributed by atoms with van der Waals surface area (Å²) in [5, 5.41) is 17.4. The minimum atomic E-state index is -0.954. The molecule has 1 aromatic rings. The van der Waals surface area contributed by atoms with Crippen molar-refractivity contribution in [2.75, 3.05) is 46.5 Å². The molecular formula is C64H128N10O17. The van der Waals surface area contributed by atoms with E-state index in [1.807, 2.05) is 102 Å². The van der Waals surface area contributed by atoms with Gasteiger partial charge in [0, 0.05) is 44.6 Å². The minimum Gasteiger partial charge on any atom is -0.459 e. The monoisotopic (exact) mass is 1310 g/mol. The molecular weight excluding hydrogens is 1180 g/mol. The second kappa shape index (κ2) is 43.0. The van der Waals surface area contributed by atoms with Crippen LogP contribution in [0.2, 0.25) is 0 Å². The first-order valence-electron chi connectivity index (χ1n) is 31.3. The average molecular weight is 1310 g/mol. The number of likely N-dealkylation sites (tertiary alicyclic amines) is 2. The summed E-state index contributed by atoms with van der Waals surface area (Å²) in [4.78, 5) is 89.9. The number of nitrogens with two attached hydrogens (primary N) is 6. The normalized spacial score (nSPS) is 16.5. The third kappa shape index (κ3) is 54.0. The summed E-state index contributed by atoms with van der Waals surface area (Å²) < 4.78 is 40.1. The first-order valence-corrected chi connectivity index (χ1v) is 31.3. The molecule has 3 rings (SSSR count). The standard InChI is InChI=1S/C15H28N2O2.C10H17N3O2.C9H19NO2.2C8H17NO3.C7H15NO3.C7H15NO2/c1-15(2,3)19-14(18)17-11-7-13(8-12-17)16-9-5-4-6-10-16;1-10(2,3)15-9(14)8(11)4-7-5-12-6-13-7;1-6(2)7(10)8(11)12-9(3,4)5;1-8(2,3)12-7(10)6(9)5-11-4;1-5(10)6(9)7(11)12-8(2,3)4;1-7(2,3)11-6(10)5(8)4-9;1-5(8)6(9)10-7(2,3)4/h13H,4-12H2,1-3H3;5-6,8H,4,11H2,1-3H3,(H,12,13);6-7H,10H2,1-5H3;6H,5,9H2,1-4H3;5-6,10H,9H2,1-4H3;5,9H,4,8H2,1-3H3;5H,8H2,1-4H3/t;8-;7-;6-;5-,6+;2*5-/m.010101/s1. The van der Waals surface area contributed by atoms with E-state index < -0.39 is 99.8 Å². The molecule has 0 aliphatic carbocycles. The topological polar surface area (TPSA) is 425 Å². The fraction of sp³-hybridized carbons (Fsp3) is 0.844. The smallest absolute Gasteiger partial charge is 0.410 e. The Bertz CT molecular complexity index is 2150. The molecule has 0 radical (unpaired) electrons. The maximum absolute atomic E-state index is 12.0. The van der Waals surface area contributed by atoms with Crippen LogP contribution in [0.5, 0.6) is 0 Å². The number of hydrogen-bond acceptors (Lipinski definition) is 25. The SMILES string of the molecule is CC(C)(C)OC(=O)N1CCC(N2CCCCC2)CC1.CC(C)(C)OC(=O)[C@@H](N)CO.CC(C)(C)OC(=O)[C@@H](N)Cc1cnc[nH]1.CC(C)[C@@H](N)C(=O)OC(C)(C)C.COC[C@H](N)C(=O)OC(C)(C)C.C[C@@H](N)C(=O)OC(C)(C)C.C[C@@H](O)[C@H](N)C(=O)OC(C)(C)C. The Kier molecular flexibility index (Phi) is 43.6. The summed E-state index contributed by atoms with van der Waals surface area (Å²) >= 11 is 0. The quantitative estimate of drug-likeness (QED) is 0.0824. The third-order valence-corrected chi connectivity index (χ3v) is 11.1. The van der Waals surface area contributed by atoms with Crippen LogP contribution in [0.4, 0.5) is 4.79 Å². The number of carbonyl (C=O) groups excluding carboxylic acids is 7. The highest BCUT2D eigenvalue weighted by Gasteiger charge is 2.31. The molecule has 0 bridgehead atoms. The largest absolute Gasteiger partial charge is 0.459 e. The van der Waals surface area contributed by atoms with Gasteiger partial charge in [-0.25, -0.2) is 9.78 Å². The number of H-pyrrole nitrogens is 1. The molecule has 2 saturated heterocycles. The predicted molar refractivity (Wildman–Crippen MR) is 353 cm³/mol. The number of aliphatic hydroxyl groups excluding tert-OH is 2. The van der Waals surface area contributed by atoms with Gasteiger partial charge in [-0.2, -0.15) is 0 Å². The average Bonchev–Trinajstić information content (AvgIpc) is 1.59. The molecule has 1 amide bonds. The number of aromatic amines is 1. The first-order chi connectivity index (χ1) is 40.9. The molecule has 536 valence electrons. The van der Waals surface area contributed by atoms with Crippen molar-refractivity contribution in [3.63, 3.8) is 0 Å². The Labute approximate surface area is 545 Å². The molecule has 7 atom stereocenters. The van der Waals surface area contributed by atoms with Crippen molar-refractivity contribution in [1.29, 1.82) is 0 Å². The van der Waals surface area contributed by atoms with Gasteiger partial charge in [0.15, 0.2) is 0 Å². The van der Waals surface area contributed by atoms with Crippen LogP contribution in [0.15, 0.2) is 12.5 Å². The Hall–Kier alpha value is -5.10. The Morgan fingerprint density at radius 2 is 0.868 bits per heavy atom. The molecule has 3 heterocycles. The second-order valence-corrected chi connectivity index (χ2v) is 29.6. The van der Waals surface area contributed by atoms with Gasteiger partial charge in [-0.15, -0.1) is 0 Å². The zero-order valence-corrected chi connectivity index (χ0v) is 60.7. The first kappa shape index (κ1) is 92.3. The van der Waals surface area contributed by atoms with Crippen molar-refractivity contribution in [2.45, 2.75) is 299 Å². The van der Waals surface area contributed by atoms with Gasteiger partial charge in [-0.1, -0.05) is 20.3 Å². The van der Waals surface area contributed by atoms with Crippen LogP contribution in [0, 0.1) is 5.92 Å². The summed E-state index contributed by atoms with van der Waals surface area (Å²) in [6, 6.07) is -3.57. The molecule has 2 fully saturated rings. The van der Waals surface area contributed by atoms with E-state index >= 15 is 0 Å². The molecule has 27 nitrogen and oxygen atoms in total. The number of amides is 1. The van der Waals surface area contributed by atoms with Crippen LogP contribution in [0.25, 0.3) is 0 Å². The van der Waals surface area contributed by atoms with Crippen LogP contribution >= 0.6 is 0 Å². The van der Waals surface area contributed by atoms with Gasteiger partial charge >= 0.3 is 41.9 Å². The Morgan fingerprint density at radius 3 is 1.18 bits per heavy atom. The van der Waals surface area contributed by atoms with Crippen LogP contribution < -0.4 is 34.4 Å². The van der Waals surface area contributed by atoms with E-state index in [9.17, 15) is 33.6 Å². The van der Waals surface area contributed by atoms with Gasteiger partial charge in [-0.05, 0) is 204 Å². The zero-order valence-electron chi connectivity index (χ0n) is 60.7. The number of hydrogen-bond donors (Lipinski definition) is 9. The highest BCUT2D eigenvalue weighted by atomic mass is 16.6. The van der Waals surface area contributed by atoms with Crippen molar-refractivity contribution in [2.24, 2.45) is 40.3 Å². The predicted octanol–water partition coefficient (Wildman–Crippen LogP) is 5.47. The second-order valence-electron chi connectivity index (χ2n) is 29.6. The molecule has 91 heavy (non-hydrogen) atoms. The van der Waals surface area contributed by atoms with E-state index in [0.29, 0.717) is 12.5 Å². The number of aliphatic hydroxyl groups is 2. The molecule has 15 N–H and O–H groups in total. The summed E-state index contributed by atoms with van der Waals surface area (Å²) in [6.45, 7) is 48.9. The van der Waals surface area contributed by atoms with E-state index in [1.54, 1.807) is 81.8 Å². The number of ether oxygens (including phenoxy) is 8. The molecule has 0 aromatic carbocycles. The van der Waals surface area contributed by atoms with E-state index in [4.69, 9.17) is 82.5 Å². The summed E-state index contributed by atoms with van der Waals surface area (Å²) in [6.07, 6.45) is 8.84. The Morgan fingerprint density at radius 1 is 0.516 bits per heavy atom. The number of piperidine rings is 2. The number of nitrogens with one attached hydrogen (secondary N) is 1. The molecule has 0 spiro atoms. The highest BCUT2D eigenvalue weighted by Crippen LogP contribution is 2.23. The van der Waals surface area contributed by atoms with E-state index in [0.717, 1.165) is 31.6 Å². The molecule has 0 saturated carbocycles. The van der Waals surface area contributed by atoms with Gasteiger partial charge in [0.05, 0.1) is 25.6 Å². The minimum absolute atomic E-state index is 0.125. The van der Waals surface area contributed by atoms with E-state index in [1.165, 1.54) is 46.4 Å². The third-order valence-electron chi connectivity index (χ3n) is 11.1. The van der Waals surface area contributed by atoms with Crippen molar-refractivity contribution < 1.29 is 81.7 Å². The lowest BCUT2D eigenvalue weighted by Crippen LogP contribution is -2.49. The zero-order chi connectivity index (χ0) is 72.4. The number of aromatic nitrogens is 2.